The second-order valence-electron chi connectivity index (χ2n) is 6.62. The van der Waals surface area contributed by atoms with Crippen molar-refractivity contribution in [1.82, 2.24) is 4.72 Å². The van der Waals surface area contributed by atoms with Gasteiger partial charge >= 0.3 is 5.97 Å². The van der Waals surface area contributed by atoms with Crippen molar-refractivity contribution in [2.45, 2.75) is 31.2 Å². The van der Waals surface area contributed by atoms with Crippen LogP contribution in [-0.2, 0) is 19.6 Å². The number of hydrogen-bond donors (Lipinski definition) is 1. The topological polar surface area (TPSA) is 81.7 Å². The standard InChI is InChI=1S/C20H23ClFNO5S/c1-14(2)19(23-29(25,26)18-10-4-15(21)5-11-18)20(24)28-13-3-12-27-17-8-6-16(22)7-9-17/h4-11,14,19,23H,3,12-13H2,1-2H3. The summed E-state index contributed by atoms with van der Waals surface area (Å²) in [4.78, 5) is 12.4. The van der Waals surface area contributed by atoms with Gasteiger partial charge in [0, 0.05) is 11.4 Å². The average Bonchev–Trinajstić information content (AvgIpc) is 2.67. The van der Waals surface area contributed by atoms with Crippen LogP contribution in [0.5, 0.6) is 5.75 Å². The average molecular weight is 444 g/mol. The molecule has 2 aromatic carbocycles. The molecule has 1 atom stereocenters. The molecular formula is C20H23ClFNO5S. The van der Waals surface area contributed by atoms with Gasteiger partial charge in [-0.15, -0.1) is 0 Å². The van der Waals surface area contributed by atoms with Gasteiger partial charge in [0.2, 0.25) is 10.0 Å². The van der Waals surface area contributed by atoms with E-state index in [2.05, 4.69) is 4.72 Å². The quantitative estimate of drug-likeness (QED) is 0.446. The van der Waals surface area contributed by atoms with Crippen molar-refractivity contribution in [3.8, 4) is 5.75 Å². The highest BCUT2D eigenvalue weighted by atomic mass is 35.5. The molecule has 158 valence electrons. The summed E-state index contributed by atoms with van der Waals surface area (Å²) in [6, 6.07) is 10.2. The lowest BCUT2D eigenvalue weighted by Crippen LogP contribution is -2.45. The number of hydrogen-bond acceptors (Lipinski definition) is 5. The summed E-state index contributed by atoms with van der Waals surface area (Å²) in [5.74, 6) is -0.833. The molecule has 0 fully saturated rings. The number of nitrogens with one attached hydrogen (secondary N) is 1. The molecule has 9 heteroatoms. The molecule has 0 aromatic heterocycles. The van der Waals surface area contributed by atoms with Gasteiger partial charge in [0.25, 0.3) is 0 Å². The molecule has 0 spiro atoms. The minimum atomic E-state index is -3.91. The first-order chi connectivity index (χ1) is 13.7. The van der Waals surface area contributed by atoms with E-state index in [4.69, 9.17) is 21.1 Å². The van der Waals surface area contributed by atoms with Crippen LogP contribution >= 0.6 is 11.6 Å². The van der Waals surface area contributed by atoms with E-state index in [0.717, 1.165) is 0 Å². The molecule has 0 amide bonds. The van der Waals surface area contributed by atoms with Gasteiger partial charge < -0.3 is 9.47 Å². The van der Waals surface area contributed by atoms with E-state index in [1.165, 1.54) is 48.5 Å². The van der Waals surface area contributed by atoms with Crippen molar-refractivity contribution in [2.24, 2.45) is 5.92 Å². The van der Waals surface area contributed by atoms with Gasteiger partial charge in [-0.25, -0.2) is 12.8 Å². The summed E-state index contributed by atoms with van der Waals surface area (Å²) in [6.45, 7) is 3.76. The van der Waals surface area contributed by atoms with Crippen molar-refractivity contribution in [1.29, 1.82) is 0 Å². The molecule has 0 saturated heterocycles. The second kappa shape index (κ2) is 10.6. The second-order valence-corrected chi connectivity index (χ2v) is 8.77. The van der Waals surface area contributed by atoms with Crippen LogP contribution in [0.25, 0.3) is 0 Å². The largest absolute Gasteiger partial charge is 0.493 e. The maximum Gasteiger partial charge on any atom is 0.324 e. The predicted octanol–water partition coefficient (Wildman–Crippen LogP) is 3.79. The normalized spacial score (nSPS) is 12.6. The molecule has 0 bridgehead atoms. The van der Waals surface area contributed by atoms with Crippen LogP contribution in [0, 0.1) is 11.7 Å². The zero-order valence-corrected chi connectivity index (χ0v) is 17.7. The SMILES string of the molecule is CC(C)C(NS(=O)(=O)c1ccc(Cl)cc1)C(=O)OCCCOc1ccc(F)cc1. The van der Waals surface area contributed by atoms with Gasteiger partial charge in [0.15, 0.2) is 0 Å². The van der Waals surface area contributed by atoms with E-state index in [9.17, 15) is 17.6 Å². The lowest BCUT2D eigenvalue weighted by molar-refractivity contribution is -0.147. The van der Waals surface area contributed by atoms with Crippen molar-refractivity contribution < 1.29 is 27.1 Å². The van der Waals surface area contributed by atoms with Crippen molar-refractivity contribution >= 4 is 27.6 Å². The van der Waals surface area contributed by atoms with Crippen LogP contribution in [0.3, 0.4) is 0 Å². The Morgan fingerprint density at radius 2 is 1.69 bits per heavy atom. The molecule has 1 N–H and O–H groups in total. The number of halogens is 2. The third kappa shape index (κ3) is 7.30. The zero-order chi connectivity index (χ0) is 21.4. The molecule has 2 rings (SSSR count). The molecule has 0 heterocycles. The van der Waals surface area contributed by atoms with E-state index >= 15 is 0 Å². The molecule has 0 aliphatic rings. The minimum absolute atomic E-state index is 0.00745. The third-order valence-corrected chi connectivity index (χ3v) is 5.65. The van der Waals surface area contributed by atoms with Crippen LogP contribution in [0.15, 0.2) is 53.4 Å². The molecule has 0 aliphatic heterocycles. The summed E-state index contributed by atoms with van der Waals surface area (Å²) >= 11 is 5.78. The molecule has 0 radical (unpaired) electrons. The Balaban J connectivity index is 1.85. The number of esters is 1. The number of carbonyl (C=O) groups is 1. The highest BCUT2D eigenvalue weighted by Crippen LogP contribution is 2.16. The van der Waals surface area contributed by atoms with E-state index < -0.39 is 22.0 Å². The summed E-state index contributed by atoms with van der Waals surface area (Å²) in [7, 11) is -3.91. The Morgan fingerprint density at radius 3 is 2.28 bits per heavy atom. The van der Waals surface area contributed by atoms with E-state index in [0.29, 0.717) is 17.2 Å². The van der Waals surface area contributed by atoms with Gasteiger partial charge in [0.1, 0.15) is 17.6 Å². The van der Waals surface area contributed by atoms with Crippen LogP contribution in [0.2, 0.25) is 5.02 Å². The first-order valence-electron chi connectivity index (χ1n) is 9.02. The van der Waals surface area contributed by atoms with Gasteiger partial charge in [0.05, 0.1) is 18.1 Å². The number of rotatable bonds is 10. The molecular weight excluding hydrogens is 421 g/mol. The fourth-order valence-corrected chi connectivity index (χ4v) is 3.81. The van der Waals surface area contributed by atoms with Crippen molar-refractivity contribution in [3.63, 3.8) is 0 Å². The highest BCUT2D eigenvalue weighted by molar-refractivity contribution is 7.89. The summed E-state index contributed by atoms with van der Waals surface area (Å²) < 4.78 is 50.9. The van der Waals surface area contributed by atoms with Crippen LogP contribution in [-0.4, -0.2) is 33.6 Å². The fraction of sp³-hybridized carbons (Fsp3) is 0.350. The van der Waals surface area contributed by atoms with Gasteiger partial charge in [-0.05, 0) is 54.4 Å². The van der Waals surface area contributed by atoms with Crippen LogP contribution in [0.4, 0.5) is 4.39 Å². The number of sulfonamides is 1. The van der Waals surface area contributed by atoms with E-state index in [1.807, 2.05) is 0 Å². The molecule has 1 unspecified atom stereocenters. The molecule has 29 heavy (non-hydrogen) atoms. The Hall–Kier alpha value is -2.16. The van der Waals surface area contributed by atoms with Crippen LogP contribution in [0.1, 0.15) is 20.3 Å². The fourth-order valence-electron chi connectivity index (χ4n) is 2.35. The van der Waals surface area contributed by atoms with Crippen LogP contribution < -0.4 is 9.46 Å². The molecule has 0 aliphatic carbocycles. The number of ether oxygens (including phenoxy) is 2. The zero-order valence-electron chi connectivity index (χ0n) is 16.1. The van der Waals surface area contributed by atoms with Gasteiger partial charge in [-0.3, -0.25) is 4.79 Å². The molecule has 2 aromatic rings. The lowest BCUT2D eigenvalue weighted by atomic mass is 10.1. The van der Waals surface area contributed by atoms with E-state index in [1.54, 1.807) is 13.8 Å². The summed E-state index contributed by atoms with van der Waals surface area (Å²) in [5, 5.41) is 0.409. The van der Waals surface area contributed by atoms with E-state index in [-0.39, 0.29) is 29.8 Å². The van der Waals surface area contributed by atoms with Gasteiger partial charge in [-0.1, -0.05) is 25.4 Å². The summed E-state index contributed by atoms with van der Waals surface area (Å²) in [6.07, 6.45) is 0.401. The smallest absolute Gasteiger partial charge is 0.324 e. The Labute approximate surface area is 175 Å². The van der Waals surface area contributed by atoms with Crippen molar-refractivity contribution in [2.75, 3.05) is 13.2 Å². The first kappa shape index (κ1) is 23.1. The Bertz CT molecular complexity index is 901. The summed E-state index contributed by atoms with van der Waals surface area (Å²) in [5.41, 5.74) is 0. The minimum Gasteiger partial charge on any atom is -0.493 e. The Kier molecular flexibility index (Phi) is 8.43. The monoisotopic (exact) mass is 443 g/mol. The van der Waals surface area contributed by atoms with Gasteiger partial charge in [-0.2, -0.15) is 4.72 Å². The maximum atomic E-state index is 12.8. The lowest BCUT2D eigenvalue weighted by Gasteiger charge is -2.21. The molecule has 6 nitrogen and oxygen atoms in total. The number of carbonyl (C=O) groups excluding carboxylic acids is 1. The number of benzene rings is 2. The highest BCUT2D eigenvalue weighted by Gasteiger charge is 2.29. The first-order valence-corrected chi connectivity index (χ1v) is 10.9. The Morgan fingerprint density at radius 1 is 1.07 bits per heavy atom. The van der Waals surface area contributed by atoms with Crippen molar-refractivity contribution in [3.05, 3.63) is 59.4 Å². The molecule has 0 saturated carbocycles. The third-order valence-electron chi connectivity index (χ3n) is 3.94. The predicted molar refractivity (Wildman–Crippen MR) is 108 cm³/mol. The maximum absolute atomic E-state index is 12.8.